The van der Waals surface area contributed by atoms with Crippen molar-refractivity contribution in [2.45, 2.75) is 39.5 Å². The van der Waals surface area contributed by atoms with Crippen LogP contribution in [0.1, 0.15) is 31.2 Å². The predicted molar refractivity (Wildman–Crippen MR) is 94.4 cm³/mol. The summed E-state index contributed by atoms with van der Waals surface area (Å²) in [5, 5.41) is 6.24. The molecule has 0 aliphatic heterocycles. The summed E-state index contributed by atoms with van der Waals surface area (Å²) in [5.41, 5.74) is 1.04. The number of benzene rings is 1. The average Bonchev–Trinajstić information content (AvgIpc) is 2.80. The number of nitrogens with one attached hydrogen (secondary N) is 1. The second-order valence-corrected chi connectivity index (χ2v) is 8.16. The third-order valence-electron chi connectivity index (χ3n) is 2.86. The Morgan fingerprint density at radius 1 is 1.33 bits per heavy atom. The highest BCUT2D eigenvalue weighted by atomic mass is 79.9. The number of halogens is 2. The van der Waals surface area contributed by atoms with E-state index >= 15 is 0 Å². The van der Waals surface area contributed by atoms with Crippen molar-refractivity contribution in [1.82, 2.24) is 5.32 Å². The highest BCUT2D eigenvalue weighted by Gasteiger charge is 2.13. The Morgan fingerprint density at radius 3 is 2.71 bits per heavy atom. The molecule has 114 valence electrons. The Balaban J connectivity index is 2.09. The van der Waals surface area contributed by atoms with E-state index < -0.39 is 0 Å². The maximum atomic E-state index is 6.32. The summed E-state index contributed by atoms with van der Waals surface area (Å²) in [6.07, 6.45) is 0. The molecule has 2 aromatic rings. The second kappa shape index (κ2) is 7.14. The van der Waals surface area contributed by atoms with Gasteiger partial charge in [0.05, 0.1) is 0 Å². The fourth-order valence-electron chi connectivity index (χ4n) is 1.78. The van der Waals surface area contributed by atoms with Gasteiger partial charge >= 0.3 is 0 Å². The number of thiophene rings is 1. The SMILES string of the molecule is CC(C)(C)NCc1c(Cl)cccc1OCc1cc(Br)cs1. The molecule has 0 spiro atoms. The van der Waals surface area contributed by atoms with E-state index in [1.54, 1.807) is 11.3 Å². The van der Waals surface area contributed by atoms with Gasteiger partial charge in [-0.05, 0) is 54.9 Å². The first-order chi connectivity index (χ1) is 9.85. The van der Waals surface area contributed by atoms with Crippen LogP contribution in [0.25, 0.3) is 0 Å². The van der Waals surface area contributed by atoms with Crippen LogP contribution >= 0.6 is 38.9 Å². The van der Waals surface area contributed by atoms with Gasteiger partial charge in [0.1, 0.15) is 12.4 Å². The first-order valence-corrected chi connectivity index (χ1v) is 8.78. The third-order valence-corrected chi connectivity index (χ3v) is 4.89. The van der Waals surface area contributed by atoms with Crippen LogP contribution in [-0.2, 0) is 13.2 Å². The molecule has 0 atom stereocenters. The van der Waals surface area contributed by atoms with E-state index in [0.29, 0.717) is 13.2 Å². The van der Waals surface area contributed by atoms with Crippen molar-refractivity contribution in [1.29, 1.82) is 0 Å². The summed E-state index contributed by atoms with van der Waals surface area (Å²) in [6, 6.07) is 7.86. The largest absolute Gasteiger partial charge is 0.488 e. The minimum Gasteiger partial charge on any atom is -0.488 e. The zero-order valence-electron chi connectivity index (χ0n) is 12.4. The first-order valence-electron chi connectivity index (χ1n) is 6.73. The molecule has 1 aromatic carbocycles. The van der Waals surface area contributed by atoms with Gasteiger partial charge in [-0.15, -0.1) is 11.3 Å². The van der Waals surface area contributed by atoms with Crippen molar-refractivity contribution >= 4 is 38.9 Å². The Labute approximate surface area is 143 Å². The molecular weight excluding hydrogens is 370 g/mol. The first kappa shape index (κ1) is 16.8. The molecule has 0 aliphatic rings. The molecule has 0 bridgehead atoms. The van der Waals surface area contributed by atoms with Crippen LogP contribution in [-0.4, -0.2) is 5.54 Å². The van der Waals surface area contributed by atoms with Crippen molar-refractivity contribution in [3.05, 3.63) is 49.6 Å². The molecule has 0 aliphatic carbocycles. The zero-order chi connectivity index (χ0) is 15.5. The van der Waals surface area contributed by atoms with Crippen molar-refractivity contribution in [2.75, 3.05) is 0 Å². The molecule has 0 saturated carbocycles. The van der Waals surface area contributed by atoms with Gasteiger partial charge in [0.15, 0.2) is 0 Å². The van der Waals surface area contributed by atoms with Crippen molar-refractivity contribution in [3.63, 3.8) is 0 Å². The van der Waals surface area contributed by atoms with Gasteiger partial charge in [-0.25, -0.2) is 0 Å². The van der Waals surface area contributed by atoms with Gasteiger partial charge in [-0.3, -0.25) is 0 Å². The summed E-state index contributed by atoms with van der Waals surface area (Å²) in [4.78, 5) is 1.18. The highest BCUT2D eigenvalue weighted by Crippen LogP contribution is 2.28. The zero-order valence-corrected chi connectivity index (χ0v) is 15.5. The lowest BCUT2D eigenvalue weighted by Gasteiger charge is -2.22. The summed E-state index contributed by atoms with van der Waals surface area (Å²) in [7, 11) is 0. The fraction of sp³-hybridized carbons (Fsp3) is 0.375. The Bertz CT molecular complexity index is 607. The van der Waals surface area contributed by atoms with E-state index in [-0.39, 0.29) is 5.54 Å². The molecule has 2 nitrogen and oxygen atoms in total. The number of hydrogen-bond acceptors (Lipinski definition) is 3. The molecule has 0 radical (unpaired) electrons. The Morgan fingerprint density at radius 2 is 2.10 bits per heavy atom. The highest BCUT2D eigenvalue weighted by molar-refractivity contribution is 9.10. The van der Waals surface area contributed by atoms with E-state index in [9.17, 15) is 0 Å². The van der Waals surface area contributed by atoms with Gasteiger partial charge in [0.25, 0.3) is 0 Å². The van der Waals surface area contributed by atoms with Crippen molar-refractivity contribution in [3.8, 4) is 5.75 Å². The minimum absolute atomic E-state index is 0.0368. The third kappa shape index (κ3) is 5.29. The average molecular weight is 389 g/mol. The Hall–Kier alpha value is -0.550. The van der Waals surface area contributed by atoms with Crippen LogP contribution in [0.2, 0.25) is 5.02 Å². The maximum Gasteiger partial charge on any atom is 0.125 e. The monoisotopic (exact) mass is 387 g/mol. The number of hydrogen-bond donors (Lipinski definition) is 1. The van der Waals surface area contributed by atoms with Crippen LogP contribution < -0.4 is 10.1 Å². The van der Waals surface area contributed by atoms with Crippen LogP contribution in [0.15, 0.2) is 34.1 Å². The predicted octanol–water partition coefficient (Wildman–Crippen LogP) is 5.63. The molecule has 0 amide bonds. The Kier molecular flexibility index (Phi) is 5.72. The van der Waals surface area contributed by atoms with Gasteiger partial charge in [-0.1, -0.05) is 17.7 Å². The van der Waals surface area contributed by atoms with E-state index in [0.717, 1.165) is 20.8 Å². The molecule has 1 aromatic heterocycles. The smallest absolute Gasteiger partial charge is 0.125 e. The standard InChI is InChI=1S/C16H19BrClNOS/c1-16(2,3)19-8-13-14(18)5-4-6-15(13)20-9-12-7-11(17)10-21-12/h4-7,10,19H,8-9H2,1-3H3. The molecule has 1 heterocycles. The summed E-state index contributed by atoms with van der Waals surface area (Å²) in [5.74, 6) is 0.837. The molecule has 5 heteroatoms. The summed E-state index contributed by atoms with van der Waals surface area (Å²) >= 11 is 11.5. The van der Waals surface area contributed by atoms with Gasteiger partial charge in [-0.2, -0.15) is 0 Å². The summed E-state index contributed by atoms with van der Waals surface area (Å²) in [6.45, 7) is 7.64. The lowest BCUT2D eigenvalue weighted by molar-refractivity contribution is 0.303. The van der Waals surface area contributed by atoms with E-state index in [1.807, 2.05) is 18.2 Å². The van der Waals surface area contributed by atoms with Crippen LogP contribution in [0.5, 0.6) is 5.75 Å². The number of rotatable bonds is 5. The van der Waals surface area contributed by atoms with Gasteiger partial charge in [0.2, 0.25) is 0 Å². The number of ether oxygens (including phenoxy) is 1. The maximum absolute atomic E-state index is 6.32. The molecule has 1 N–H and O–H groups in total. The van der Waals surface area contributed by atoms with E-state index in [2.05, 4.69) is 53.5 Å². The lowest BCUT2D eigenvalue weighted by atomic mass is 10.1. The second-order valence-electron chi connectivity index (χ2n) is 5.84. The molecule has 0 saturated heterocycles. The van der Waals surface area contributed by atoms with Crippen LogP contribution in [0.3, 0.4) is 0 Å². The van der Waals surface area contributed by atoms with Crippen molar-refractivity contribution < 1.29 is 4.74 Å². The van der Waals surface area contributed by atoms with Crippen LogP contribution in [0, 0.1) is 0 Å². The molecule has 0 fully saturated rings. The molecule has 2 rings (SSSR count). The molecule has 0 unspecified atom stereocenters. The van der Waals surface area contributed by atoms with Gasteiger partial charge < -0.3 is 10.1 Å². The van der Waals surface area contributed by atoms with Gasteiger partial charge in [0, 0.05) is 37.4 Å². The van der Waals surface area contributed by atoms with E-state index in [1.165, 1.54) is 4.88 Å². The quantitative estimate of drug-likeness (QED) is 0.716. The topological polar surface area (TPSA) is 21.3 Å². The minimum atomic E-state index is 0.0368. The van der Waals surface area contributed by atoms with Crippen LogP contribution in [0.4, 0.5) is 0 Å². The lowest BCUT2D eigenvalue weighted by Crippen LogP contribution is -2.35. The molecule has 21 heavy (non-hydrogen) atoms. The molecular formula is C16H19BrClNOS. The van der Waals surface area contributed by atoms with E-state index in [4.69, 9.17) is 16.3 Å². The van der Waals surface area contributed by atoms with Crippen molar-refractivity contribution in [2.24, 2.45) is 0 Å². The summed E-state index contributed by atoms with van der Waals surface area (Å²) < 4.78 is 7.04. The normalized spacial score (nSPS) is 11.7. The fourth-order valence-corrected chi connectivity index (χ4v) is 3.37.